The molecule has 0 N–H and O–H groups in total. The normalized spacial score (nSPS) is 11.7. The summed E-state index contributed by atoms with van der Waals surface area (Å²) in [6.07, 6.45) is 4.74. The van der Waals surface area contributed by atoms with Crippen molar-refractivity contribution < 1.29 is 4.43 Å². The van der Waals surface area contributed by atoms with E-state index in [4.69, 9.17) is 4.43 Å². The minimum absolute atomic E-state index is 0.260. The first-order valence-corrected chi connectivity index (χ1v) is 8.31. The highest BCUT2D eigenvalue weighted by Crippen LogP contribution is 2.37. The Bertz CT molecular complexity index is 456. The van der Waals surface area contributed by atoms with Crippen LogP contribution in [-0.2, 0) is 10.0 Å². The SMILES string of the molecule is CCCCCC(O[SiH3])(c1ccccc1)c1ccccc1. The van der Waals surface area contributed by atoms with Crippen LogP contribution in [0, 0.1) is 0 Å². The molecule has 0 aliphatic rings. The molecule has 2 heteroatoms. The number of rotatable bonds is 7. The van der Waals surface area contributed by atoms with Crippen LogP contribution in [0.2, 0.25) is 0 Å². The van der Waals surface area contributed by atoms with Crippen molar-refractivity contribution in [3.05, 3.63) is 71.8 Å². The fourth-order valence-corrected chi connectivity index (χ4v) is 3.51. The number of hydrogen-bond acceptors (Lipinski definition) is 1. The Morgan fingerprint density at radius 3 is 1.75 bits per heavy atom. The van der Waals surface area contributed by atoms with Gasteiger partial charge in [0.1, 0.15) is 16.1 Å². The van der Waals surface area contributed by atoms with Crippen molar-refractivity contribution in [3.8, 4) is 0 Å². The molecule has 0 amide bonds. The topological polar surface area (TPSA) is 9.23 Å². The van der Waals surface area contributed by atoms with Crippen molar-refractivity contribution in [3.63, 3.8) is 0 Å². The molecule has 0 heterocycles. The van der Waals surface area contributed by atoms with Crippen molar-refractivity contribution in [1.82, 2.24) is 0 Å². The summed E-state index contributed by atoms with van der Waals surface area (Å²) in [5, 5.41) is 0. The highest BCUT2D eigenvalue weighted by atomic mass is 28.2. The molecule has 0 atom stereocenters. The second kappa shape index (κ2) is 7.41. The largest absolute Gasteiger partial charge is 0.414 e. The van der Waals surface area contributed by atoms with Gasteiger partial charge >= 0.3 is 0 Å². The predicted molar refractivity (Wildman–Crippen MR) is 88.8 cm³/mol. The summed E-state index contributed by atoms with van der Waals surface area (Å²) in [5.74, 6) is 0. The lowest BCUT2D eigenvalue weighted by atomic mass is 9.82. The Hall–Kier alpha value is -1.38. The first kappa shape index (κ1) is 15.0. The van der Waals surface area contributed by atoms with Crippen molar-refractivity contribution in [2.24, 2.45) is 0 Å². The smallest absolute Gasteiger partial charge is 0.147 e. The van der Waals surface area contributed by atoms with Gasteiger partial charge in [0.05, 0.1) is 0 Å². The summed E-state index contributed by atoms with van der Waals surface area (Å²) in [7, 11) is 0.734. The van der Waals surface area contributed by atoms with Gasteiger partial charge in [-0.15, -0.1) is 0 Å². The third-order valence-corrected chi connectivity index (χ3v) is 4.66. The Morgan fingerprint density at radius 2 is 1.35 bits per heavy atom. The summed E-state index contributed by atoms with van der Waals surface area (Å²) in [5.41, 5.74) is 2.29. The van der Waals surface area contributed by atoms with Crippen LogP contribution in [0.4, 0.5) is 0 Å². The van der Waals surface area contributed by atoms with Crippen molar-refractivity contribution in [1.29, 1.82) is 0 Å². The van der Waals surface area contributed by atoms with Crippen LogP contribution in [0.1, 0.15) is 43.7 Å². The van der Waals surface area contributed by atoms with Gasteiger partial charge in [0, 0.05) is 0 Å². The van der Waals surface area contributed by atoms with Crippen molar-refractivity contribution in [2.45, 2.75) is 38.2 Å². The summed E-state index contributed by atoms with van der Waals surface area (Å²) in [4.78, 5) is 0. The van der Waals surface area contributed by atoms with Crippen LogP contribution in [0.5, 0.6) is 0 Å². The maximum Gasteiger partial charge on any atom is 0.147 e. The standard InChI is InChI=1S/C18H24OSi/c1-2-3-10-15-18(19-20,16-11-6-4-7-12-16)17-13-8-5-9-14-17/h4-9,11-14H,2-3,10,15H2,1,20H3. The molecule has 2 aromatic rings. The molecule has 0 spiro atoms. The van der Waals surface area contributed by atoms with E-state index in [0.717, 1.165) is 16.9 Å². The van der Waals surface area contributed by atoms with Crippen LogP contribution in [0.3, 0.4) is 0 Å². The van der Waals surface area contributed by atoms with E-state index in [1.165, 1.54) is 30.4 Å². The molecule has 0 bridgehead atoms. The van der Waals surface area contributed by atoms with Gasteiger partial charge < -0.3 is 4.43 Å². The van der Waals surface area contributed by atoms with E-state index in [9.17, 15) is 0 Å². The van der Waals surface area contributed by atoms with Gasteiger partial charge in [-0.05, 0) is 24.0 Å². The third-order valence-electron chi connectivity index (χ3n) is 3.96. The van der Waals surface area contributed by atoms with Gasteiger partial charge in [-0.3, -0.25) is 0 Å². The highest BCUT2D eigenvalue weighted by molar-refractivity contribution is 5.98. The average Bonchev–Trinajstić information content (AvgIpc) is 2.54. The van der Waals surface area contributed by atoms with E-state index < -0.39 is 0 Å². The first-order chi connectivity index (χ1) is 9.83. The van der Waals surface area contributed by atoms with Gasteiger partial charge in [0.25, 0.3) is 0 Å². The Kier molecular flexibility index (Phi) is 5.56. The van der Waals surface area contributed by atoms with E-state index in [1.807, 2.05) is 0 Å². The summed E-state index contributed by atoms with van der Waals surface area (Å²) < 4.78 is 6.20. The molecule has 0 saturated carbocycles. The summed E-state index contributed by atoms with van der Waals surface area (Å²) >= 11 is 0. The summed E-state index contributed by atoms with van der Waals surface area (Å²) in [6, 6.07) is 21.3. The first-order valence-electron chi connectivity index (χ1n) is 7.49. The molecular weight excluding hydrogens is 260 g/mol. The molecule has 0 unspecified atom stereocenters. The van der Waals surface area contributed by atoms with Gasteiger partial charge in [-0.1, -0.05) is 80.4 Å². The zero-order valence-corrected chi connectivity index (χ0v) is 14.5. The zero-order chi connectivity index (χ0) is 14.3. The van der Waals surface area contributed by atoms with Gasteiger partial charge in [-0.25, -0.2) is 0 Å². The van der Waals surface area contributed by atoms with Gasteiger partial charge in [-0.2, -0.15) is 0 Å². The Labute approximate surface area is 125 Å². The molecule has 106 valence electrons. The fraction of sp³-hybridized carbons (Fsp3) is 0.333. The fourth-order valence-electron chi connectivity index (χ4n) is 2.83. The monoisotopic (exact) mass is 284 g/mol. The molecule has 0 aliphatic carbocycles. The lowest BCUT2D eigenvalue weighted by Crippen LogP contribution is -2.30. The van der Waals surface area contributed by atoms with Gasteiger partial charge in [0.15, 0.2) is 0 Å². The van der Waals surface area contributed by atoms with E-state index >= 15 is 0 Å². The van der Waals surface area contributed by atoms with E-state index in [-0.39, 0.29) is 5.60 Å². The maximum atomic E-state index is 6.20. The van der Waals surface area contributed by atoms with Crippen molar-refractivity contribution in [2.75, 3.05) is 0 Å². The minimum Gasteiger partial charge on any atom is -0.414 e. The molecule has 1 nitrogen and oxygen atoms in total. The van der Waals surface area contributed by atoms with Crippen LogP contribution < -0.4 is 0 Å². The Morgan fingerprint density at radius 1 is 0.850 bits per heavy atom. The molecule has 0 aliphatic heterocycles. The summed E-state index contributed by atoms with van der Waals surface area (Å²) in [6.45, 7) is 2.24. The van der Waals surface area contributed by atoms with E-state index in [2.05, 4.69) is 67.6 Å². The van der Waals surface area contributed by atoms with Gasteiger partial charge in [0.2, 0.25) is 0 Å². The molecular formula is C18H24OSi. The molecule has 0 saturated heterocycles. The molecule has 2 rings (SSSR count). The zero-order valence-electron chi connectivity index (χ0n) is 12.5. The van der Waals surface area contributed by atoms with E-state index in [1.54, 1.807) is 0 Å². The second-order valence-electron chi connectivity index (χ2n) is 5.22. The molecule has 0 radical (unpaired) electrons. The third kappa shape index (κ3) is 3.19. The molecule has 0 fully saturated rings. The van der Waals surface area contributed by atoms with Crippen LogP contribution in [0.15, 0.2) is 60.7 Å². The van der Waals surface area contributed by atoms with Crippen LogP contribution in [-0.4, -0.2) is 10.5 Å². The number of hydrogen-bond donors (Lipinski definition) is 0. The predicted octanol–water partition coefficient (Wildman–Crippen LogP) is 3.81. The lowest BCUT2D eigenvalue weighted by molar-refractivity contribution is 0.110. The number of benzene rings is 2. The Balaban J connectivity index is 2.41. The highest BCUT2D eigenvalue weighted by Gasteiger charge is 2.32. The quantitative estimate of drug-likeness (QED) is 0.555. The molecule has 20 heavy (non-hydrogen) atoms. The molecule has 0 aromatic heterocycles. The van der Waals surface area contributed by atoms with Crippen LogP contribution in [0.25, 0.3) is 0 Å². The molecule has 2 aromatic carbocycles. The van der Waals surface area contributed by atoms with Crippen LogP contribution >= 0.6 is 0 Å². The number of unbranched alkanes of at least 4 members (excludes halogenated alkanes) is 2. The average molecular weight is 284 g/mol. The minimum atomic E-state index is -0.260. The van der Waals surface area contributed by atoms with E-state index in [0.29, 0.717) is 0 Å². The van der Waals surface area contributed by atoms with Crippen molar-refractivity contribution >= 4 is 10.5 Å². The second-order valence-corrected chi connectivity index (χ2v) is 5.63. The lowest BCUT2D eigenvalue weighted by Gasteiger charge is -2.34. The maximum absolute atomic E-state index is 6.20.